The number of benzene rings is 3. The van der Waals surface area contributed by atoms with Crippen molar-refractivity contribution in [1.29, 1.82) is 0 Å². The third-order valence-corrected chi connectivity index (χ3v) is 5.22. The predicted octanol–water partition coefficient (Wildman–Crippen LogP) is 5.03. The number of hydrogen-bond acceptors (Lipinski definition) is 6. The molecule has 33 heavy (non-hydrogen) atoms. The van der Waals surface area contributed by atoms with Crippen molar-refractivity contribution < 1.29 is 19.2 Å². The number of nitrogens with zero attached hydrogens (tertiary/aromatic N) is 2. The van der Waals surface area contributed by atoms with E-state index in [0.29, 0.717) is 40.3 Å². The lowest BCUT2D eigenvalue weighted by Gasteiger charge is -2.14. The van der Waals surface area contributed by atoms with Crippen LogP contribution in [-0.2, 0) is 17.8 Å². The third kappa shape index (κ3) is 6.88. The quantitative estimate of drug-likeness (QED) is 0.233. The summed E-state index contributed by atoms with van der Waals surface area (Å²) in [4.78, 5) is 22.8. The van der Waals surface area contributed by atoms with Gasteiger partial charge in [0.05, 0.1) is 24.2 Å². The largest absolute Gasteiger partial charge is 0.490 e. The van der Waals surface area contributed by atoms with Gasteiger partial charge in [-0.05, 0) is 40.5 Å². The van der Waals surface area contributed by atoms with E-state index in [9.17, 15) is 14.9 Å². The second kappa shape index (κ2) is 11.8. The first-order valence-electron chi connectivity index (χ1n) is 10.1. The zero-order chi connectivity index (χ0) is 23.6. The summed E-state index contributed by atoms with van der Waals surface area (Å²) in [5.74, 6) is 0.652. The van der Waals surface area contributed by atoms with Crippen LogP contribution < -0.4 is 14.9 Å². The second-order valence-corrected chi connectivity index (χ2v) is 7.74. The Hall–Kier alpha value is -3.72. The summed E-state index contributed by atoms with van der Waals surface area (Å²) in [6, 6.07) is 19.4. The van der Waals surface area contributed by atoms with Crippen LogP contribution in [0.3, 0.4) is 0 Å². The minimum atomic E-state index is -0.514. The molecule has 3 aromatic carbocycles. The van der Waals surface area contributed by atoms with E-state index < -0.39 is 10.8 Å². The number of nitro benzene ring substituents is 1. The molecule has 8 nitrogen and oxygen atoms in total. The highest BCUT2D eigenvalue weighted by molar-refractivity contribution is 9.10. The van der Waals surface area contributed by atoms with Crippen LogP contribution in [0.1, 0.15) is 23.6 Å². The summed E-state index contributed by atoms with van der Waals surface area (Å²) in [5, 5.41) is 15.1. The molecule has 0 saturated carbocycles. The standard InChI is InChI=1S/C24H22BrN3O5/c1-2-32-22-12-19(20(25)14-23(22)33-16-17-8-4-3-5-9-17)15-26-27-24(29)13-18-10-6-7-11-21(18)28(30)31/h3-12,14-15H,2,13,16H2,1H3,(H,27,29)/b26-15+. The molecule has 1 N–H and O–H groups in total. The predicted molar refractivity (Wildman–Crippen MR) is 129 cm³/mol. The molecule has 0 bridgehead atoms. The number of nitrogens with one attached hydrogen (secondary N) is 1. The van der Waals surface area contributed by atoms with E-state index in [-0.39, 0.29) is 12.1 Å². The maximum atomic E-state index is 12.2. The van der Waals surface area contributed by atoms with Crippen molar-refractivity contribution in [1.82, 2.24) is 5.43 Å². The van der Waals surface area contributed by atoms with Gasteiger partial charge in [-0.2, -0.15) is 5.10 Å². The van der Waals surface area contributed by atoms with E-state index in [0.717, 1.165) is 5.56 Å². The number of amides is 1. The molecule has 0 unspecified atom stereocenters. The Kier molecular flexibility index (Phi) is 8.54. The number of para-hydroxylation sites is 1. The maximum Gasteiger partial charge on any atom is 0.273 e. The van der Waals surface area contributed by atoms with Gasteiger partial charge in [0.25, 0.3) is 5.69 Å². The number of carbonyl (C=O) groups is 1. The van der Waals surface area contributed by atoms with Crippen molar-refractivity contribution in [2.75, 3.05) is 6.61 Å². The average molecular weight is 512 g/mol. The van der Waals surface area contributed by atoms with Gasteiger partial charge in [-0.25, -0.2) is 5.43 Å². The fraction of sp³-hybridized carbons (Fsp3) is 0.167. The number of hydrogen-bond donors (Lipinski definition) is 1. The Morgan fingerprint density at radius 1 is 1.09 bits per heavy atom. The lowest BCUT2D eigenvalue weighted by Crippen LogP contribution is -2.20. The van der Waals surface area contributed by atoms with Crippen LogP contribution in [0.2, 0.25) is 0 Å². The van der Waals surface area contributed by atoms with Crippen molar-refractivity contribution in [2.45, 2.75) is 20.0 Å². The molecule has 1 amide bonds. The molecule has 0 heterocycles. The van der Waals surface area contributed by atoms with Crippen LogP contribution in [0.25, 0.3) is 0 Å². The van der Waals surface area contributed by atoms with Crippen molar-refractivity contribution in [2.24, 2.45) is 5.10 Å². The van der Waals surface area contributed by atoms with Gasteiger partial charge in [0, 0.05) is 21.7 Å². The third-order valence-electron chi connectivity index (χ3n) is 4.53. The molecule has 0 aliphatic heterocycles. The summed E-state index contributed by atoms with van der Waals surface area (Å²) in [7, 11) is 0. The van der Waals surface area contributed by atoms with Crippen LogP contribution in [0.15, 0.2) is 76.3 Å². The summed E-state index contributed by atoms with van der Waals surface area (Å²) < 4.78 is 12.3. The van der Waals surface area contributed by atoms with Gasteiger partial charge in [0.15, 0.2) is 11.5 Å². The second-order valence-electron chi connectivity index (χ2n) is 6.88. The first-order valence-corrected chi connectivity index (χ1v) is 10.9. The van der Waals surface area contributed by atoms with E-state index >= 15 is 0 Å². The van der Waals surface area contributed by atoms with Crippen molar-refractivity contribution in [3.63, 3.8) is 0 Å². The summed E-state index contributed by atoms with van der Waals surface area (Å²) in [6.45, 7) is 2.72. The molecule has 0 spiro atoms. The van der Waals surface area contributed by atoms with Crippen LogP contribution in [0.5, 0.6) is 11.5 Å². The highest BCUT2D eigenvalue weighted by Crippen LogP contribution is 2.33. The molecule has 3 rings (SSSR count). The first-order chi connectivity index (χ1) is 16.0. The molecular weight excluding hydrogens is 490 g/mol. The zero-order valence-electron chi connectivity index (χ0n) is 17.9. The Labute approximate surface area is 199 Å². The van der Waals surface area contributed by atoms with Crippen molar-refractivity contribution in [3.8, 4) is 11.5 Å². The Morgan fingerprint density at radius 3 is 2.52 bits per heavy atom. The smallest absolute Gasteiger partial charge is 0.273 e. The molecule has 0 aliphatic rings. The SMILES string of the molecule is CCOc1cc(/C=N/NC(=O)Cc2ccccc2[N+](=O)[O-])c(Br)cc1OCc1ccccc1. The van der Waals surface area contributed by atoms with E-state index in [1.807, 2.05) is 37.3 Å². The topological polar surface area (TPSA) is 103 Å². The number of rotatable bonds is 10. The summed E-state index contributed by atoms with van der Waals surface area (Å²) in [5.41, 5.74) is 4.30. The highest BCUT2D eigenvalue weighted by atomic mass is 79.9. The monoisotopic (exact) mass is 511 g/mol. The first kappa shape index (κ1) is 23.9. The van der Waals surface area contributed by atoms with E-state index in [2.05, 4.69) is 26.5 Å². The minimum Gasteiger partial charge on any atom is -0.490 e. The van der Waals surface area contributed by atoms with Crippen LogP contribution in [0.4, 0.5) is 5.69 Å². The van der Waals surface area contributed by atoms with Gasteiger partial charge in [-0.15, -0.1) is 0 Å². The molecule has 0 radical (unpaired) electrons. The van der Waals surface area contributed by atoms with Gasteiger partial charge in [0.1, 0.15) is 6.61 Å². The number of ether oxygens (including phenoxy) is 2. The lowest BCUT2D eigenvalue weighted by atomic mass is 10.1. The average Bonchev–Trinajstić information content (AvgIpc) is 2.81. The molecular formula is C24H22BrN3O5. The van der Waals surface area contributed by atoms with Gasteiger partial charge >= 0.3 is 0 Å². The molecule has 3 aromatic rings. The molecule has 0 saturated heterocycles. The highest BCUT2D eigenvalue weighted by Gasteiger charge is 2.15. The summed E-state index contributed by atoms with van der Waals surface area (Å²) in [6.07, 6.45) is 1.30. The number of carbonyl (C=O) groups excluding carboxylic acids is 1. The van der Waals surface area contributed by atoms with Gasteiger partial charge in [0.2, 0.25) is 5.91 Å². The van der Waals surface area contributed by atoms with Crippen LogP contribution >= 0.6 is 15.9 Å². The minimum absolute atomic E-state index is 0.105. The van der Waals surface area contributed by atoms with Gasteiger partial charge in [-0.1, -0.05) is 48.5 Å². The van der Waals surface area contributed by atoms with Crippen molar-refractivity contribution >= 4 is 33.7 Å². The maximum absolute atomic E-state index is 12.2. The van der Waals surface area contributed by atoms with Crippen molar-refractivity contribution in [3.05, 3.63) is 98.0 Å². The fourth-order valence-electron chi connectivity index (χ4n) is 2.99. The van der Waals surface area contributed by atoms with Crippen LogP contribution in [-0.4, -0.2) is 23.7 Å². The molecule has 0 atom stereocenters. The van der Waals surface area contributed by atoms with Gasteiger partial charge in [-0.3, -0.25) is 14.9 Å². The molecule has 9 heteroatoms. The Morgan fingerprint density at radius 2 is 1.79 bits per heavy atom. The lowest BCUT2D eigenvalue weighted by molar-refractivity contribution is -0.385. The molecule has 0 aromatic heterocycles. The van der Waals surface area contributed by atoms with E-state index in [4.69, 9.17) is 9.47 Å². The molecule has 0 fully saturated rings. The zero-order valence-corrected chi connectivity index (χ0v) is 19.4. The molecule has 170 valence electrons. The van der Waals surface area contributed by atoms with E-state index in [1.165, 1.54) is 12.3 Å². The Bertz CT molecular complexity index is 1150. The Balaban J connectivity index is 1.68. The summed E-state index contributed by atoms with van der Waals surface area (Å²) >= 11 is 3.49. The van der Waals surface area contributed by atoms with Gasteiger partial charge < -0.3 is 9.47 Å². The number of hydrazone groups is 1. The van der Waals surface area contributed by atoms with Crippen LogP contribution in [0, 0.1) is 10.1 Å². The number of nitro groups is 1. The molecule has 0 aliphatic carbocycles. The normalized spacial score (nSPS) is 10.7. The number of halogens is 1. The fourth-order valence-corrected chi connectivity index (χ4v) is 3.42. The van der Waals surface area contributed by atoms with E-state index in [1.54, 1.807) is 30.3 Å².